The molecule has 0 radical (unpaired) electrons. The predicted octanol–water partition coefficient (Wildman–Crippen LogP) is 2.29. The summed E-state index contributed by atoms with van der Waals surface area (Å²) in [6, 6.07) is -2.66. The number of Topliss-reactive ketones (excluding diaryl/α,β-unsaturated/α-hetero) is 1. The second-order valence-corrected chi connectivity index (χ2v) is 4.87. The lowest BCUT2D eigenvalue weighted by Crippen LogP contribution is -2.71. The van der Waals surface area contributed by atoms with Gasteiger partial charge in [-0.1, -0.05) is 6.42 Å². The van der Waals surface area contributed by atoms with Crippen molar-refractivity contribution in [1.29, 1.82) is 0 Å². The monoisotopic (exact) mass is 307 g/mol. The number of alkyl halides is 6. The van der Waals surface area contributed by atoms with Crippen LogP contribution in [0.3, 0.4) is 0 Å². The first-order valence-electron chi connectivity index (χ1n) is 6.03. The van der Waals surface area contributed by atoms with E-state index in [9.17, 15) is 36.2 Å². The second kappa shape index (κ2) is 5.51. The first kappa shape index (κ1) is 17.2. The molecule has 1 rings (SSSR count). The van der Waals surface area contributed by atoms with Gasteiger partial charge in [0.2, 0.25) is 0 Å². The van der Waals surface area contributed by atoms with Gasteiger partial charge in [0.25, 0.3) is 5.60 Å². The van der Waals surface area contributed by atoms with E-state index < -0.39 is 29.8 Å². The van der Waals surface area contributed by atoms with Gasteiger partial charge in [-0.05, 0) is 32.9 Å². The number of hydrogen-bond donors (Lipinski definition) is 1. The second-order valence-electron chi connectivity index (χ2n) is 4.87. The van der Waals surface area contributed by atoms with Crippen molar-refractivity contribution in [2.75, 3.05) is 13.1 Å². The number of hydrogen-bond acceptors (Lipinski definition) is 3. The molecular formula is C11H15F6NO2. The number of halogens is 6. The van der Waals surface area contributed by atoms with E-state index in [1.807, 2.05) is 0 Å². The van der Waals surface area contributed by atoms with E-state index in [2.05, 4.69) is 0 Å². The zero-order valence-electron chi connectivity index (χ0n) is 10.7. The molecule has 1 aliphatic rings. The topological polar surface area (TPSA) is 40.5 Å². The van der Waals surface area contributed by atoms with Crippen molar-refractivity contribution < 1.29 is 36.2 Å². The number of piperidine rings is 1. The molecule has 0 aliphatic carbocycles. The lowest BCUT2D eigenvalue weighted by Gasteiger charge is -2.44. The average molecular weight is 307 g/mol. The highest BCUT2D eigenvalue weighted by Crippen LogP contribution is 2.47. The van der Waals surface area contributed by atoms with Crippen molar-refractivity contribution in [3.8, 4) is 0 Å². The van der Waals surface area contributed by atoms with Gasteiger partial charge in [-0.2, -0.15) is 26.3 Å². The summed E-state index contributed by atoms with van der Waals surface area (Å²) in [5, 5.41) is 9.35. The molecule has 0 aromatic carbocycles. The largest absolute Gasteiger partial charge is 0.428 e. The van der Waals surface area contributed by atoms with Crippen LogP contribution in [0.15, 0.2) is 0 Å². The van der Waals surface area contributed by atoms with E-state index in [-0.39, 0.29) is 13.1 Å². The third-order valence-corrected chi connectivity index (χ3v) is 3.40. The molecule has 1 fully saturated rings. The van der Waals surface area contributed by atoms with Gasteiger partial charge < -0.3 is 5.11 Å². The molecule has 1 unspecified atom stereocenters. The molecule has 1 heterocycles. The fraction of sp³-hybridized carbons (Fsp3) is 0.909. The SMILES string of the molecule is CC(=O)C(N1CCCCC1)C(O)(C(F)(F)F)C(F)(F)F. The quantitative estimate of drug-likeness (QED) is 0.813. The molecule has 9 heteroatoms. The summed E-state index contributed by atoms with van der Waals surface area (Å²) in [5.74, 6) is -1.36. The highest BCUT2D eigenvalue weighted by Gasteiger charge is 2.75. The Balaban J connectivity index is 3.29. The molecule has 20 heavy (non-hydrogen) atoms. The van der Waals surface area contributed by atoms with Crippen LogP contribution in [-0.4, -0.2) is 52.9 Å². The van der Waals surface area contributed by atoms with E-state index in [0.29, 0.717) is 26.2 Å². The van der Waals surface area contributed by atoms with Gasteiger partial charge in [-0.3, -0.25) is 9.69 Å². The van der Waals surface area contributed by atoms with Crippen LogP contribution in [0.25, 0.3) is 0 Å². The van der Waals surface area contributed by atoms with E-state index >= 15 is 0 Å². The number of likely N-dealkylation sites (tertiary alicyclic amines) is 1. The first-order chi connectivity index (χ1) is 8.93. The Bertz CT molecular complexity index is 345. The van der Waals surface area contributed by atoms with E-state index in [0.717, 1.165) is 4.90 Å². The molecule has 0 bridgehead atoms. The standard InChI is InChI=1S/C11H15F6NO2/c1-7(19)8(18-5-3-2-4-6-18)9(20,10(12,13)14)11(15,16)17/h8,20H,2-6H2,1H3. The highest BCUT2D eigenvalue weighted by atomic mass is 19.4. The fourth-order valence-electron chi connectivity index (χ4n) is 2.46. The molecule has 3 nitrogen and oxygen atoms in total. The zero-order valence-corrected chi connectivity index (χ0v) is 10.7. The Hall–Kier alpha value is -0.830. The predicted molar refractivity (Wildman–Crippen MR) is 57.0 cm³/mol. The van der Waals surface area contributed by atoms with E-state index in [1.54, 1.807) is 0 Å². The zero-order chi connectivity index (χ0) is 15.8. The lowest BCUT2D eigenvalue weighted by molar-refractivity contribution is -0.380. The normalized spacial score (nSPS) is 20.8. The Kier molecular flexibility index (Phi) is 4.75. The molecule has 0 amide bonds. The Morgan fingerprint density at radius 3 is 1.70 bits per heavy atom. The van der Waals surface area contributed by atoms with Gasteiger partial charge in [0, 0.05) is 0 Å². The van der Waals surface area contributed by atoms with Gasteiger partial charge in [0.15, 0.2) is 5.78 Å². The molecule has 0 aromatic rings. The molecule has 1 N–H and O–H groups in total. The molecule has 1 saturated heterocycles. The van der Waals surface area contributed by atoms with Crippen molar-refractivity contribution in [2.24, 2.45) is 0 Å². The first-order valence-corrected chi connectivity index (χ1v) is 6.03. The number of aliphatic hydroxyl groups is 1. The third kappa shape index (κ3) is 2.93. The number of ketones is 1. The molecule has 1 atom stereocenters. The van der Waals surface area contributed by atoms with Crippen molar-refractivity contribution in [1.82, 2.24) is 4.90 Å². The van der Waals surface area contributed by atoms with Crippen LogP contribution in [0.5, 0.6) is 0 Å². The summed E-state index contributed by atoms with van der Waals surface area (Å²) in [6.45, 7) is 0.457. The van der Waals surface area contributed by atoms with Crippen LogP contribution in [0.4, 0.5) is 26.3 Å². The van der Waals surface area contributed by atoms with Crippen molar-refractivity contribution in [2.45, 2.75) is 50.2 Å². The maximum absolute atomic E-state index is 12.8. The van der Waals surface area contributed by atoms with Crippen molar-refractivity contribution in [3.05, 3.63) is 0 Å². The Labute approximate surface area is 111 Å². The van der Waals surface area contributed by atoms with Gasteiger partial charge >= 0.3 is 12.4 Å². The highest BCUT2D eigenvalue weighted by molar-refractivity contribution is 5.83. The molecule has 0 spiro atoms. The minimum absolute atomic E-state index is 0.0846. The Morgan fingerprint density at radius 2 is 1.40 bits per heavy atom. The molecule has 1 aliphatic heterocycles. The van der Waals surface area contributed by atoms with E-state index in [1.165, 1.54) is 0 Å². The third-order valence-electron chi connectivity index (χ3n) is 3.40. The summed E-state index contributed by atoms with van der Waals surface area (Å²) >= 11 is 0. The summed E-state index contributed by atoms with van der Waals surface area (Å²) < 4.78 is 76.9. The summed E-state index contributed by atoms with van der Waals surface area (Å²) in [6.07, 6.45) is -10.5. The van der Waals surface area contributed by atoms with Crippen LogP contribution < -0.4 is 0 Å². The van der Waals surface area contributed by atoms with Crippen molar-refractivity contribution >= 4 is 5.78 Å². The van der Waals surface area contributed by atoms with Gasteiger partial charge in [-0.25, -0.2) is 0 Å². The van der Waals surface area contributed by atoms with Gasteiger partial charge in [0.1, 0.15) is 6.04 Å². The minimum Gasteiger partial charge on any atom is -0.372 e. The number of rotatable bonds is 3. The van der Waals surface area contributed by atoms with Gasteiger partial charge in [-0.15, -0.1) is 0 Å². The lowest BCUT2D eigenvalue weighted by atomic mass is 9.87. The summed E-state index contributed by atoms with van der Waals surface area (Å²) in [4.78, 5) is 12.2. The van der Waals surface area contributed by atoms with E-state index in [4.69, 9.17) is 0 Å². The van der Waals surface area contributed by atoms with Gasteiger partial charge in [0.05, 0.1) is 0 Å². The Morgan fingerprint density at radius 1 is 1.00 bits per heavy atom. The summed E-state index contributed by atoms with van der Waals surface area (Å²) in [5.41, 5.74) is -5.05. The molecule has 0 saturated carbocycles. The number of carbonyl (C=O) groups excluding carboxylic acids is 1. The van der Waals surface area contributed by atoms with Crippen LogP contribution in [-0.2, 0) is 4.79 Å². The smallest absolute Gasteiger partial charge is 0.372 e. The van der Waals surface area contributed by atoms with Crippen molar-refractivity contribution in [3.63, 3.8) is 0 Å². The number of carbonyl (C=O) groups is 1. The number of nitrogens with zero attached hydrogens (tertiary/aromatic N) is 1. The fourth-order valence-corrected chi connectivity index (χ4v) is 2.46. The van der Waals surface area contributed by atoms with Crippen LogP contribution in [0.2, 0.25) is 0 Å². The maximum Gasteiger partial charge on any atom is 0.428 e. The maximum atomic E-state index is 12.8. The van der Waals surface area contributed by atoms with Crippen LogP contribution in [0.1, 0.15) is 26.2 Å². The molecule has 0 aromatic heterocycles. The van der Waals surface area contributed by atoms with Crippen LogP contribution in [0, 0.1) is 0 Å². The molecular weight excluding hydrogens is 292 g/mol. The minimum atomic E-state index is -5.99. The average Bonchev–Trinajstić information content (AvgIpc) is 2.26. The molecule has 118 valence electrons. The summed E-state index contributed by atoms with van der Waals surface area (Å²) in [7, 11) is 0. The van der Waals surface area contributed by atoms with Crippen LogP contribution >= 0.6 is 0 Å².